The van der Waals surface area contributed by atoms with Gasteiger partial charge in [-0.1, -0.05) is 25.3 Å². The first kappa shape index (κ1) is 20.0. The number of anilines is 1. The van der Waals surface area contributed by atoms with Crippen LogP contribution in [0.1, 0.15) is 37.7 Å². The number of nitrogens with zero attached hydrogens (tertiary/aromatic N) is 1. The molecule has 2 aromatic rings. The highest BCUT2D eigenvalue weighted by Gasteiger charge is 2.16. The second kappa shape index (κ2) is 9.97. The molecule has 1 amide bonds. The molecule has 3 rings (SSSR count). The lowest BCUT2D eigenvalue weighted by Gasteiger charge is -2.22. The first-order valence-electron chi connectivity index (χ1n) is 9.78. The number of rotatable bonds is 8. The first-order chi connectivity index (χ1) is 13.7. The van der Waals surface area contributed by atoms with Crippen LogP contribution in [0.15, 0.2) is 36.5 Å². The summed E-state index contributed by atoms with van der Waals surface area (Å²) in [7, 11) is 3.16. The Morgan fingerprint density at radius 2 is 1.86 bits per heavy atom. The minimum Gasteiger partial charge on any atom is -0.493 e. The molecule has 28 heavy (non-hydrogen) atoms. The molecule has 0 spiro atoms. The second-order valence-corrected chi connectivity index (χ2v) is 7.08. The van der Waals surface area contributed by atoms with E-state index in [1.807, 2.05) is 18.2 Å². The van der Waals surface area contributed by atoms with E-state index in [4.69, 9.17) is 14.2 Å². The fraction of sp³-hybridized carbons (Fsp3) is 0.455. The van der Waals surface area contributed by atoms with Crippen molar-refractivity contribution in [1.82, 2.24) is 4.98 Å². The second-order valence-electron chi connectivity index (χ2n) is 7.08. The van der Waals surface area contributed by atoms with Gasteiger partial charge in [0.25, 0.3) is 0 Å². The van der Waals surface area contributed by atoms with Crippen molar-refractivity contribution in [2.24, 2.45) is 5.92 Å². The number of aromatic nitrogens is 1. The van der Waals surface area contributed by atoms with Crippen LogP contribution in [-0.2, 0) is 11.2 Å². The first-order valence-corrected chi connectivity index (χ1v) is 9.78. The van der Waals surface area contributed by atoms with E-state index in [1.165, 1.54) is 32.1 Å². The van der Waals surface area contributed by atoms with Gasteiger partial charge in [-0.2, -0.15) is 0 Å². The summed E-state index contributed by atoms with van der Waals surface area (Å²) in [5.41, 5.74) is 0.829. The smallest absolute Gasteiger partial charge is 0.230 e. The van der Waals surface area contributed by atoms with Gasteiger partial charge in [0.1, 0.15) is 0 Å². The van der Waals surface area contributed by atoms with Crippen LogP contribution in [0.4, 0.5) is 5.82 Å². The Hall–Kier alpha value is -2.76. The van der Waals surface area contributed by atoms with Crippen LogP contribution >= 0.6 is 0 Å². The molecular weight excluding hydrogens is 356 g/mol. The molecule has 0 atom stereocenters. The van der Waals surface area contributed by atoms with Crippen LogP contribution < -0.4 is 19.5 Å². The zero-order chi connectivity index (χ0) is 19.8. The number of ether oxygens (including phenoxy) is 3. The molecular formula is C22H28N2O4. The van der Waals surface area contributed by atoms with Gasteiger partial charge >= 0.3 is 0 Å². The van der Waals surface area contributed by atoms with Crippen molar-refractivity contribution < 1.29 is 19.0 Å². The highest BCUT2D eigenvalue weighted by Crippen LogP contribution is 2.29. The van der Waals surface area contributed by atoms with Crippen LogP contribution in [0.2, 0.25) is 0 Å². The molecule has 1 aliphatic carbocycles. The van der Waals surface area contributed by atoms with Crippen LogP contribution in [0, 0.1) is 5.92 Å². The molecule has 150 valence electrons. The molecule has 0 aliphatic heterocycles. The molecule has 0 saturated heterocycles. The van der Waals surface area contributed by atoms with E-state index >= 15 is 0 Å². The highest BCUT2D eigenvalue weighted by molar-refractivity contribution is 5.92. The Morgan fingerprint density at radius 3 is 2.61 bits per heavy atom. The van der Waals surface area contributed by atoms with E-state index < -0.39 is 0 Å². The number of carbonyl (C=O) groups is 1. The van der Waals surface area contributed by atoms with Crippen LogP contribution in [0.3, 0.4) is 0 Å². The monoisotopic (exact) mass is 384 g/mol. The molecule has 0 radical (unpaired) electrons. The molecule has 1 N–H and O–H groups in total. The standard InChI is InChI=1S/C22H28N2O4/c1-26-18-11-10-17(13-20(18)27-2)14-21(25)24-22-19(9-6-12-23-22)28-15-16-7-4-3-5-8-16/h6,9-13,16H,3-5,7-8,14-15H2,1-2H3,(H,23,24,25). The third kappa shape index (κ3) is 5.38. The molecule has 0 unspecified atom stereocenters. The van der Waals surface area contributed by atoms with E-state index in [0.717, 1.165) is 5.56 Å². The van der Waals surface area contributed by atoms with Crippen molar-refractivity contribution in [2.75, 3.05) is 26.1 Å². The van der Waals surface area contributed by atoms with Gasteiger partial charge < -0.3 is 19.5 Å². The number of benzene rings is 1. The topological polar surface area (TPSA) is 69.7 Å². The van der Waals surface area contributed by atoms with E-state index in [9.17, 15) is 4.79 Å². The van der Waals surface area contributed by atoms with Crippen molar-refractivity contribution in [3.8, 4) is 17.2 Å². The maximum absolute atomic E-state index is 12.5. The molecule has 1 aromatic carbocycles. The summed E-state index contributed by atoms with van der Waals surface area (Å²) in [6, 6.07) is 9.11. The number of carbonyl (C=O) groups excluding carboxylic acids is 1. The van der Waals surface area contributed by atoms with Crippen molar-refractivity contribution >= 4 is 11.7 Å². The van der Waals surface area contributed by atoms with Crippen LogP contribution in [-0.4, -0.2) is 31.7 Å². The van der Waals surface area contributed by atoms with E-state index in [0.29, 0.717) is 35.6 Å². The Balaban J connectivity index is 1.60. The van der Waals surface area contributed by atoms with Gasteiger partial charge in [0, 0.05) is 6.20 Å². The van der Waals surface area contributed by atoms with Gasteiger partial charge in [-0.3, -0.25) is 4.79 Å². The summed E-state index contributed by atoms with van der Waals surface area (Å²) < 4.78 is 16.5. The number of methoxy groups -OCH3 is 2. The number of hydrogen-bond donors (Lipinski definition) is 1. The van der Waals surface area contributed by atoms with Gasteiger partial charge in [-0.25, -0.2) is 4.98 Å². The summed E-state index contributed by atoms with van der Waals surface area (Å²) in [5, 5.41) is 2.87. The number of amides is 1. The molecule has 6 heteroatoms. The number of nitrogens with one attached hydrogen (secondary N) is 1. The minimum atomic E-state index is -0.159. The van der Waals surface area contributed by atoms with Crippen molar-refractivity contribution in [2.45, 2.75) is 38.5 Å². The molecule has 1 saturated carbocycles. The summed E-state index contributed by atoms with van der Waals surface area (Å²) in [4.78, 5) is 16.8. The quantitative estimate of drug-likeness (QED) is 0.737. The van der Waals surface area contributed by atoms with Crippen molar-refractivity contribution in [1.29, 1.82) is 0 Å². The Bertz CT molecular complexity index is 788. The Morgan fingerprint density at radius 1 is 1.07 bits per heavy atom. The van der Waals surface area contributed by atoms with E-state index in [1.54, 1.807) is 32.5 Å². The van der Waals surface area contributed by atoms with Gasteiger partial charge in [-0.15, -0.1) is 0 Å². The maximum Gasteiger partial charge on any atom is 0.230 e. The number of hydrogen-bond acceptors (Lipinski definition) is 5. The predicted molar refractivity (Wildman–Crippen MR) is 108 cm³/mol. The van der Waals surface area contributed by atoms with E-state index in [2.05, 4.69) is 10.3 Å². The lowest BCUT2D eigenvalue weighted by Crippen LogP contribution is -2.18. The Kier molecular flexibility index (Phi) is 7.12. The third-order valence-electron chi connectivity index (χ3n) is 5.04. The molecule has 1 aliphatic rings. The molecule has 1 aromatic heterocycles. The molecule has 0 bridgehead atoms. The third-order valence-corrected chi connectivity index (χ3v) is 5.04. The lowest BCUT2D eigenvalue weighted by molar-refractivity contribution is -0.115. The lowest BCUT2D eigenvalue weighted by atomic mass is 9.90. The molecule has 1 heterocycles. The normalized spacial score (nSPS) is 14.4. The van der Waals surface area contributed by atoms with Crippen molar-refractivity contribution in [3.63, 3.8) is 0 Å². The largest absolute Gasteiger partial charge is 0.493 e. The van der Waals surface area contributed by atoms with E-state index in [-0.39, 0.29) is 12.3 Å². The number of pyridine rings is 1. The SMILES string of the molecule is COc1ccc(CC(=O)Nc2ncccc2OCC2CCCCC2)cc1OC. The average molecular weight is 384 g/mol. The zero-order valence-corrected chi connectivity index (χ0v) is 16.6. The maximum atomic E-state index is 12.5. The minimum absolute atomic E-state index is 0.159. The summed E-state index contributed by atoms with van der Waals surface area (Å²) in [6.07, 6.45) is 8.15. The molecule has 1 fully saturated rings. The average Bonchev–Trinajstić information content (AvgIpc) is 2.73. The fourth-order valence-corrected chi connectivity index (χ4v) is 3.51. The van der Waals surface area contributed by atoms with Gasteiger partial charge in [-0.05, 0) is 48.6 Å². The van der Waals surface area contributed by atoms with Gasteiger partial charge in [0.2, 0.25) is 5.91 Å². The van der Waals surface area contributed by atoms with Gasteiger partial charge in [0.15, 0.2) is 23.1 Å². The zero-order valence-electron chi connectivity index (χ0n) is 16.6. The van der Waals surface area contributed by atoms with Crippen molar-refractivity contribution in [3.05, 3.63) is 42.1 Å². The summed E-state index contributed by atoms with van der Waals surface area (Å²) in [6.45, 7) is 0.671. The highest BCUT2D eigenvalue weighted by atomic mass is 16.5. The summed E-state index contributed by atoms with van der Waals surface area (Å²) >= 11 is 0. The predicted octanol–water partition coefficient (Wildman–Crippen LogP) is 4.24. The van der Waals surface area contributed by atoms with Crippen LogP contribution in [0.5, 0.6) is 17.2 Å². The Labute approximate surface area is 166 Å². The van der Waals surface area contributed by atoms with Gasteiger partial charge in [0.05, 0.1) is 27.2 Å². The molecule has 6 nitrogen and oxygen atoms in total. The fourth-order valence-electron chi connectivity index (χ4n) is 3.51. The van der Waals surface area contributed by atoms with Crippen LogP contribution in [0.25, 0.3) is 0 Å². The summed E-state index contributed by atoms with van der Waals surface area (Å²) in [5.74, 6) is 2.74.